The number of carboxylic acids is 1. The molecular weight excluding hydrogens is 252 g/mol. The maximum Gasteiger partial charge on any atom is 0.345 e. The van der Waals surface area contributed by atoms with Crippen LogP contribution in [0.4, 0.5) is 0 Å². The number of rotatable bonds is 2. The number of aromatic carboxylic acids is 1. The molecule has 94 valence electrons. The van der Waals surface area contributed by atoms with Gasteiger partial charge < -0.3 is 10.1 Å². The third-order valence-electron chi connectivity index (χ3n) is 3.37. The number of nitrogens with zero attached hydrogens (tertiary/aromatic N) is 1. The molecule has 0 saturated heterocycles. The van der Waals surface area contributed by atoms with E-state index in [-0.39, 0.29) is 10.4 Å². The van der Waals surface area contributed by atoms with Gasteiger partial charge in [-0.2, -0.15) is 0 Å². The zero-order valence-corrected chi connectivity index (χ0v) is 10.4. The van der Waals surface area contributed by atoms with Crippen molar-refractivity contribution < 1.29 is 9.90 Å². The number of H-pyrrole nitrogens is 1. The minimum atomic E-state index is -1.01. The van der Waals surface area contributed by atoms with Crippen LogP contribution in [0.3, 0.4) is 0 Å². The summed E-state index contributed by atoms with van der Waals surface area (Å²) in [4.78, 5) is 30.7. The van der Waals surface area contributed by atoms with E-state index >= 15 is 0 Å². The summed E-state index contributed by atoms with van der Waals surface area (Å²) in [7, 11) is 0. The van der Waals surface area contributed by atoms with Gasteiger partial charge in [0, 0.05) is 5.92 Å². The van der Waals surface area contributed by atoms with Gasteiger partial charge in [0.1, 0.15) is 15.5 Å². The standard InChI is InChI=1S/C12H12N2O3S/c15-10-7-5-8(12(16)17)18-11(7)14-9(13-10)6-3-1-2-4-6/h5-6H,1-4H2,(H,16,17)(H,13,14,15). The van der Waals surface area contributed by atoms with Crippen LogP contribution in [0.25, 0.3) is 10.2 Å². The van der Waals surface area contributed by atoms with E-state index in [9.17, 15) is 9.59 Å². The van der Waals surface area contributed by atoms with Crippen molar-refractivity contribution in [2.75, 3.05) is 0 Å². The summed E-state index contributed by atoms with van der Waals surface area (Å²) in [5.41, 5.74) is -0.231. The molecule has 2 N–H and O–H groups in total. The summed E-state index contributed by atoms with van der Waals surface area (Å²) < 4.78 is 0. The Morgan fingerprint density at radius 3 is 2.83 bits per heavy atom. The second-order valence-corrected chi connectivity index (χ2v) is 5.60. The van der Waals surface area contributed by atoms with Crippen molar-refractivity contribution >= 4 is 27.5 Å². The van der Waals surface area contributed by atoms with Gasteiger partial charge in [0.15, 0.2) is 0 Å². The van der Waals surface area contributed by atoms with Gasteiger partial charge in [-0.3, -0.25) is 4.79 Å². The molecule has 0 aromatic carbocycles. The van der Waals surface area contributed by atoms with Crippen molar-refractivity contribution in [1.29, 1.82) is 0 Å². The zero-order chi connectivity index (χ0) is 12.7. The fourth-order valence-corrected chi connectivity index (χ4v) is 3.32. The number of hydrogen-bond acceptors (Lipinski definition) is 4. The maximum atomic E-state index is 11.9. The molecular formula is C12H12N2O3S. The zero-order valence-electron chi connectivity index (χ0n) is 9.60. The Morgan fingerprint density at radius 1 is 1.44 bits per heavy atom. The first-order valence-electron chi connectivity index (χ1n) is 5.92. The first-order valence-corrected chi connectivity index (χ1v) is 6.74. The molecule has 3 rings (SSSR count). The number of nitrogens with one attached hydrogen (secondary N) is 1. The minimum absolute atomic E-state index is 0.159. The fraction of sp³-hybridized carbons (Fsp3) is 0.417. The number of hydrogen-bond donors (Lipinski definition) is 2. The van der Waals surface area contributed by atoms with Crippen molar-refractivity contribution in [2.45, 2.75) is 31.6 Å². The van der Waals surface area contributed by atoms with Crippen molar-refractivity contribution in [3.05, 3.63) is 27.1 Å². The number of carboxylic acid groups (broad SMARTS) is 1. The largest absolute Gasteiger partial charge is 0.477 e. The van der Waals surface area contributed by atoms with Crippen LogP contribution in [0.1, 0.15) is 47.1 Å². The van der Waals surface area contributed by atoms with E-state index in [1.165, 1.54) is 6.07 Å². The highest BCUT2D eigenvalue weighted by atomic mass is 32.1. The van der Waals surface area contributed by atoms with E-state index in [2.05, 4.69) is 9.97 Å². The molecule has 6 heteroatoms. The molecule has 0 bridgehead atoms. The predicted octanol–water partition coefficient (Wildman–Crippen LogP) is 2.34. The second kappa shape index (κ2) is 4.20. The molecule has 0 unspecified atom stereocenters. The molecule has 0 radical (unpaired) electrons. The van der Waals surface area contributed by atoms with Crippen LogP contribution in [0.15, 0.2) is 10.9 Å². The molecule has 2 aromatic rings. The van der Waals surface area contributed by atoms with Crippen molar-refractivity contribution in [3.63, 3.8) is 0 Å². The summed E-state index contributed by atoms with van der Waals surface area (Å²) in [6.45, 7) is 0. The van der Waals surface area contributed by atoms with Gasteiger partial charge in [-0.25, -0.2) is 9.78 Å². The van der Waals surface area contributed by atoms with Crippen LogP contribution >= 0.6 is 11.3 Å². The monoisotopic (exact) mass is 264 g/mol. The molecule has 0 amide bonds. The van der Waals surface area contributed by atoms with Gasteiger partial charge in [0.2, 0.25) is 0 Å². The average molecular weight is 264 g/mol. The van der Waals surface area contributed by atoms with Gasteiger partial charge in [-0.05, 0) is 18.9 Å². The lowest BCUT2D eigenvalue weighted by Gasteiger charge is -2.06. The first-order chi connectivity index (χ1) is 8.65. The Morgan fingerprint density at radius 2 is 2.17 bits per heavy atom. The highest BCUT2D eigenvalue weighted by Gasteiger charge is 2.21. The molecule has 5 nitrogen and oxygen atoms in total. The molecule has 1 saturated carbocycles. The third kappa shape index (κ3) is 1.82. The Balaban J connectivity index is 2.14. The number of fused-ring (bicyclic) bond motifs is 1. The van der Waals surface area contributed by atoms with Crippen LogP contribution in [0.2, 0.25) is 0 Å². The van der Waals surface area contributed by atoms with Crippen LogP contribution in [0, 0.1) is 0 Å². The first kappa shape index (κ1) is 11.4. The predicted molar refractivity (Wildman–Crippen MR) is 68.4 cm³/mol. The van der Waals surface area contributed by atoms with Gasteiger partial charge in [0.05, 0.1) is 5.39 Å². The van der Waals surface area contributed by atoms with E-state index in [0.29, 0.717) is 22.0 Å². The molecule has 2 aromatic heterocycles. The Labute approximate surface area is 106 Å². The maximum absolute atomic E-state index is 11.9. The topological polar surface area (TPSA) is 83.0 Å². The van der Waals surface area contributed by atoms with Gasteiger partial charge >= 0.3 is 5.97 Å². The Hall–Kier alpha value is -1.69. The van der Waals surface area contributed by atoms with Crippen molar-refractivity contribution in [3.8, 4) is 0 Å². The van der Waals surface area contributed by atoms with Crippen LogP contribution < -0.4 is 5.56 Å². The lowest BCUT2D eigenvalue weighted by atomic mass is 10.1. The van der Waals surface area contributed by atoms with Gasteiger partial charge in [0.25, 0.3) is 5.56 Å². The highest BCUT2D eigenvalue weighted by molar-refractivity contribution is 7.20. The van der Waals surface area contributed by atoms with E-state index < -0.39 is 5.97 Å². The van der Waals surface area contributed by atoms with Gasteiger partial charge in [-0.15, -0.1) is 11.3 Å². The summed E-state index contributed by atoms with van der Waals surface area (Å²) >= 11 is 1.06. The molecule has 2 heterocycles. The second-order valence-electron chi connectivity index (χ2n) is 4.57. The number of carbonyl (C=O) groups is 1. The molecule has 0 aliphatic heterocycles. The Kier molecular flexibility index (Phi) is 2.66. The normalized spacial score (nSPS) is 16.4. The molecule has 1 aliphatic rings. The van der Waals surface area contributed by atoms with E-state index in [4.69, 9.17) is 5.11 Å². The van der Waals surface area contributed by atoms with Crippen LogP contribution in [-0.4, -0.2) is 21.0 Å². The molecule has 1 fully saturated rings. The van der Waals surface area contributed by atoms with Crippen molar-refractivity contribution in [2.24, 2.45) is 0 Å². The fourth-order valence-electron chi connectivity index (χ4n) is 2.45. The van der Waals surface area contributed by atoms with Crippen molar-refractivity contribution in [1.82, 2.24) is 9.97 Å². The van der Waals surface area contributed by atoms with Gasteiger partial charge in [-0.1, -0.05) is 12.8 Å². The lowest BCUT2D eigenvalue weighted by Crippen LogP contribution is -2.12. The number of aromatic amines is 1. The molecule has 1 aliphatic carbocycles. The summed E-state index contributed by atoms with van der Waals surface area (Å²) in [6, 6.07) is 1.40. The third-order valence-corrected chi connectivity index (χ3v) is 4.39. The molecule has 0 atom stereocenters. The van der Waals surface area contributed by atoms with Crippen LogP contribution in [-0.2, 0) is 0 Å². The van der Waals surface area contributed by atoms with E-state index in [1.807, 2.05) is 0 Å². The SMILES string of the molecule is O=C(O)c1cc2c(=O)[nH]c(C3CCCC3)nc2s1. The number of aromatic nitrogens is 2. The highest BCUT2D eigenvalue weighted by Crippen LogP contribution is 2.32. The quantitative estimate of drug-likeness (QED) is 0.872. The lowest BCUT2D eigenvalue weighted by molar-refractivity contribution is 0.0702. The summed E-state index contributed by atoms with van der Waals surface area (Å²) in [5.74, 6) is 0.0149. The minimum Gasteiger partial charge on any atom is -0.477 e. The Bertz CT molecular complexity index is 668. The molecule has 18 heavy (non-hydrogen) atoms. The van der Waals surface area contributed by atoms with E-state index in [0.717, 1.165) is 37.0 Å². The molecule has 0 spiro atoms. The summed E-state index contributed by atoms with van der Waals surface area (Å²) in [6.07, 6.45) is 4.42. The van der Waals surface area contributed by atoms with Crippen LogP contribution in [0.5, 0.6) is 0 Å². The number of thiophene rings is 1. The smallest absolute Gasteiger partial charge is 0.345 e. The van der Waals surface area contributed by atoms with E-state index in [1.54, 1.807) is 0 Å². The average Bonchev–Trinajstić information content (AvgIpc) is 2.97. The summed E-state index contributed by atoms with van der Waals surface area (Å²) in [5, 5.41) is 9.30.